The monoisotopic (exact) mass is 310 g/mol. The second kappa shape index (κ2) is 7.11. The highest BCUT2D eigenvalue weighted by Gasteiger charge is 2.40. The van der Waals surface area contributed by atoms with Gasteiger partial charge < -0.3 is 15.0 Å². The molecule has 1 heterocycles. The lowest BCUT2D eigenvalue weighted by Crippen LogP contribution is -2.64. The second-order valence-electron chi connectivity index (χ2n) is 5.26. The van der Waals surface area contributed by atoms with E-state index in [2.05, 4.69) is 10.1 Å². The third-order valence-electron chi connectivity index (χ3n) is 3.54. The van der Waals surface area contributed by atoms with Crippen molar-refractivity contribution in [3.63, 3.8) is 0 Å². The Labute approximate surface area is 121 Å². The quantitative estimate of drug-likeness (QED) is 0.753. The van der Waals surface area contributed by atoms with Crippen LogP contribution in [0.1, 0.15) is 27.2 Å². The molecule has 1 saturated heterocycles. The second-order valence-corrected chi connectivity index (χ2v) is 5.26. The van der Waals surface area contributed by atoms with E-state index < -0.39 is 24.9 Å². The van der Waals surface area contributed by atoms with Crippen LogP contribution in [0.4, 0.5) is 13.2 Å². The first-order chi connectivity index (χ1) is 9.67. The number of hydrogen-bond donors (Lipinski definition) is 1. The lowest BCUT2D eigenvalue weighted by molar-refractivity contribution is -0.176. The molecule has 2 amide bonds. The van der Waals surface area contributed by atoms with Crippen molar-refractivity contribution >= 4 is 11.8 Å². The molecule has 1 N–H and O–H groups in total. The molecule has 1 aliphatic rings. The van der Waals surface area contributed by atoms with E-state index in [4.69, 9.17) is 0 Å². The molecule has 0 aromatic carbocycles. The average Bonchev–Trinajstić information content (AvgIpc) is 2.38. The Bertz CT molecular complexity index is 387. The van der Waals surface area contributed by atoms with Crippen LogP contribution in [0.3, 0.4) is 0 Å². The summed E-state index contributed by atoms with van der Waals surface area (Å²) in [7, 11) is 0. The molecular weight excluding hydrogens is 289 g/mol. The molecule has 3 atom stereocenters. The van der Waals surface area contributed by atoms with Gasteiger partial charge in [0.1, 0.15) is 18.7 Å². The molecule has 5 nitrogen and oxygen atoms in total. The molecule has 1 aliphatic heterocycles. The summed E-state index contributed by atoms with van der Waals surface area (Å²) in [6.07, 6.45) is -3.72. The summed E-state index contributed by atoms with van der Waals surface area (Å²) in [5, 5.41) is 2.59. The van der Waals surface area contributed by atoms with Gasteiger partial charge in [-0.2, -0.15) is 13.2 Å². The van der Waals surface area contributed by atoms with Gasteiger partial charge in [0.05, 0.1) is 6.61 Å². The van der Waals surface area contributed by atoms with Crippen molar-refractivity contribution in [2.24, 2.45) is 5.92 Å². The Kier molecular flexibility index (Phi) is 6.00. The predicted octanol–water partition coefficient (Wildman–Crippen LogP) is 1.33. The van der Waals surface area contributed by atoms with Crippen LogP contribution >= 0.6 is 0 Å². The number of piperazine rings is 1. The zero-order valence-corrected chi connectivity index (χ0v) is 12.4. The zero-order chi connectivity index (χ0) is 16.2. The van der Waals surface area contributed by atoms with Crippen LogP contribution in [0.15, 0.2) is 0 Å². The molecule has 0 spiro atoms. The highest BCUT2D eigenvalue weighted by molar-refractivity contribution is 5.96. The lowest BCUT2D eigenvalue weighted by Gasteiger charge is -2.40. The minimum Gasteiger partial charge on any atom is -0.370 e. The van der Waals surface area contributed by atoms with Crippen LogP contribution in [-0.2, 0) is 14.3 Å². The van der Waals surface area contributed by atoms with E-state index in [0.29, 0.717) is 6.42 Å². The SMILES string of the molecule is CCC(C)C1C(=O)NC(C)C(=O)N1CCOCC(F)(F)F. The van der Waals surface area contributed by atoms with Gasteiger partial charge in [-0.15, -0.1) is 0 Å². The van der Waals surface area contributed by atoms with Crippen molar-refractivity contribution in [3.8, 4) is 0 Å². The smallest absolute Gasteiger partial charge is 0.370 e. The normalized spacial score (nSPS) is 25.0. The summed E-state index contributed by atoms with van der Waals surface area (Å²) in [6.45, 7) is 3.64. The van der Waals surface area contributed by atoms with E-state index in [0.717, 1.165) is 0 Å². The molecule has 1 rings (SSSR count). The van der Waals surface area contributed by atoms with Crippen molar-refractivity contribution in [3.05, 3.63) is 0 Å². The first-order valence-corrected chi connectivity index (χ1v) is 6.92. The first-order valence-electron chi connectivity index (χ1n) is 6.92. The Morgan fingerprint density at radius 2 is 2.00 bits per heavy atom. The van der Waals surface area contributed by atoms with Gasteiger partial charge in [0.25, 0.3) is 0 Å². The molecule has 3 unspecified atom stereocenters. The molecule has 122 valence electrons. The highest BCUT2D eigenvalue weighted by atomic mass is 19.4. The number of nitrogens with zero attached hydrogens (tertiary/aromatic N) is 1. The number of nitrogens with one attached hydrogen (secondary N) is 1. The van der Waals surface area contributed by atoms with Crippen molar-refractivity contribution in [1.82, 2.24) is 10.2 Å². The standard InChI is InChI=1S/C13H21F3N2O3/c1-4-8(2)10-11(19)17-9(3)12(20)18(10)5-6-21-7-13(14,15)16/h8-10H,4-7H2,1-3H3,(H,17,19). The van der Waals surface area contributed by atoms with Gasteiger partial charge >= 0.3 is 6.18 Å². The maximum absolute atomic E-state index is 12.1. The number of carbonyl (C=O) groups is 2. The Morgan fingerprint density at radius 1 is 1.38 bits per heavy atom. The summed E-state index contributed by atoms with van der Waals surface area (Å²) in [5.74, 6) is -0.646. The van der Waals surface area contributed by atoms with Gasteiger partial charge in [0.2, 0.25) is 11.8 Å². The fourth-order valence-electron chi connectivity index (χ4n) is 2.28. The summed E-state index contributed by atoms with van der Waals surface area (Å²) < 4.78 is 40.6. The number of carbonyl (C=O) groups excluding carboxylic acids is 2. The van der Waals surface area contributed by atoms with Gasteiger partial charge in [-0.25, -0.2) is 0 Å². The van der Waals surface area contributed by atoms with E-state index in [1.165, 1.54) is 4.90 Å². The minimum atomic E-state index is -4.40. The predicted molar refractivity (Wildman–Crippen MR) is 69.4 cm³/mol. The molecule has 0 aromatic rings. The number of rotatable bonds is 6. The molecule has 8 heteroatoms. The van der Waals surface area contributed by atoms with Crippen LogP contribution < -0.4 is 5.32 Å². The lowest BCUT2D eigenvalue weighted by atomic mass is 9.93. The first kappa shape index (κ1) is 17.7. The Hall–Kier alpha value is -1.31. The molecule has 21 heavy (non-hydrogen) atoms. The number of ether oxygens (including phenoxy) is 1. The molecule has 0 aliphatic carbocycles. The van der Waals surface area contributed by atoms with Gasteiger partial charge in [-0.1, -0.05) is 20.3 Å². The molecule has 0 aromatic heterocycles. The van der Waals surface area contributed by atoms with Gasteiger partial charge in [-0.05, 0) is 12.8 Å². The van der Waals surface area contributed by atoms with Gasteiger partial charge in [-0.3, -0.25) is 9.59 Å². The third-order valence-corrected chi connectivity index (χ3v) is 3.54. The number of amides is 2. The van der Waals surface area contributed by atoms with Crippen LogP contribution in [0.25, 0.3) is 0 Å². The maximum atomic E-state index is 12.1. The van der Waals surface area contributed by atoms with E-state index in [1.807, 2.05) is 13.8 Å². The summed E-state index contributed by atoms with van der Waals surface area (Å²) in [6, 6.07) is -1.33. The van der Waals surface area contributed by atoms with Crippen LogP contribution in [0.5, 0.6) is 0 Å². The van der Waals surface area contributed by atoms with E-state index in [1.54, 1.807) is 6.92 Å². The van der Waals surface area contributed by atoms with Crippen LogP contribution in [0.2, 0.25) is 0 Å². The maximum Gasteiger partial charge on any atom is 0.411 e. The van der Waals surface area contributed by atoms with Crippen molar-refractivity contribution in [2.75, 3.05) is 19.8 Å². The fraction of sp³-hybridized carbons (Fsp3) is 0.846. The van der Waals surface area contributed by atoms with E-state index in [-0.39, 0.29) is 30.9 Å². The third kappa shape index (κ3) is 4.87. The average molecular weight is 310 g/mol. The summed E-state index contributed by atoms with van der Waals surface area (Å²) in [4.78, 5) is 25.5. The molecular formula is C13H21F3N2O3. The summed E-state index contributed by atoms with van der Waals surface area (Å²) in [5.41, 5.74) is 0. The minimum absolute atomic E-state index is 0.0261. The van der Waals surface area contributed by atoms with Gasteiger partial charge in [0, 0.05) is 6.54 Å². The Balaban J connectivity index is 2.67. The molecule has 0 bridgehead atoms. The molecule has 0 saturated carbocycles. The largest absolute Gasteiger partial charge is 0.411 e. The van der Waals surface area contributed by atoms with E-state index in [9.17, 15) is 22.8 Å². The van der Waals surface area contributed by atoms with Crippen LogP contribution in [-0.4, -0.2) is 54.7 Å². The van der Waals surface area contributed by atoms with Crippen molar-refractivity contribution in [2.45, 2.75) is 45.5 Å². The number of alkyl halides is 3. The van der Waals surface area contributed by atoms with Gasteiger partial charge in [0.15, 0.2) is 0 Å². The molecule has 0 radical (unpaired) electrons. The summed E-state index contributed by atoms with van der Waals surface area (Å²) >= 11 is 0. The van der Waals surface area contributed by atoms with Crippen molar-refractivity contribution < 1.29 is 27.5 Å². The molecule has 1 fully saturated rings. The Morgan fingerprint density at radius 3 is 2.52 bits per heavy atom. The highest BCUT2D eigenvalue weighted by Crippen LogP contribution is 2.20. The van der Waals surface area contributed by atoms with E-state index >= 15 is 0 Å². The number of hydrogen-bond acceptors (Lipinski definition) is 3. The fourth-order valence-corrected chi connectivity index (χ4v) is 2.28. The topological polar surface area (TPSA) is 58.6 Å². The zero-order valence-electron chi connectivity index (χ0n) is 12.4. The van der Waals surface area contributed by atoms with Crippen LogP contribution in [0, 0.1) is 5.92 Å². The number of halogens is 3. The van der Waals surface area contributed by atoms with Crippen molar-refractivity contribution in [1.29, 1.82) is 0 Å².